The Bertz CT molecular complexity index is 720. The Kier molecular flexibility index (Phi) is 4.09. The lowest BCUT2D eigenvalue weighted by Crippen LogP contribution is -2.23. The lowest BCUT2D eigenvalue weighted by molar-refractivity contribution is 0.198. The zero-order chi connectivity index (χ0) is 16.9. The molecule has 0 amide bonds. The minimum absolute atomic E-state index is 0.180. The number of aryl methyl sites for hydroxylation is 1. The Morgan fingerprint density at radius 3 is 2.62 bits per heavy atom. The first-order chi connectivity index (χ1) is 11.4. The van der Waals surface area contributed by atoms with Gasteiger partial charge in [0.1, 0.15) is 0 Å². The maximum atomic E-state index is 10.8. The van der Waals surface area contributed by atoms with Crippen LogP contribution in [-0.2, 0) is 6.42 Å². The van der Waals surface area contributed by atoms with Gasteiger partial charge in [0.25, 0.3) is 0 Å². The number of rotatable bonds is 2. The molecule has 2 atom stereocenters. The molecule has 3 aliphatic rings. The van der Waals surface area contributed by atoms with E-state index < -0.39 is 8.07 Å². The monoisotopic (exact) mass is 338 g/mol. The number of fused-ring (bicyclic) bond motifs is 4. The molecule has 0 unspecified atom stereocenters. The topological polar surface area (TPSA) is 20.2 Å². The molecule has 0 heterocycles. The van der Waals surface area contributed by atoms with E-state index >= 15 is 0 Å². The number of aliphatic hydroxyl groups is 1. The molecule has 3 aliphatic carbocycles. The average Bonchev–Trinajstić information content (AvgIpc) is 2.71. The van der Waals surface area contributed by atoms with E-state index in [0.29, 0.717) is 5.92 Å². The van der Waals surface area contributed by atoms with E-state index in [4.69, 9.17) is 0 Å². The highest BCUT2D eigenvalue weighted by Gasteiger charge is 2.38. The molecule has 2 heteroatoms. The van der Waals surface area contributed by atoms with Gasteiger partial charge in [0, 0.05) is 8.07 Å². The highest BCUT2D eigenvalue weighted by atomic mass is 28.3. The normalized spacial score (nSPS) is 26.8. The van der Waals surface area contributed by atoms with Crippen molar-refractivity contribution in [2.75, 3.05) is 0 Å². The van der Waals surface area contributed by atoms with Crippen LogP contribution in [0.1, 0.15) is 43.2 Å². The summed E-state index contributed by atoms with van der Waals surface area (Å²) in [6.45, 7) is 7.30. The Hall–Kier alpha value is -1.12. The molecular weight excluding hydrogens is 308 g/mol. The predicted molar refractivity (Wildman–Crippen MR) is 105 cm³/mol. The van der Waals surface area contributed by atoms with Gasteiger partial charge in [-0.2, -0.15) is 0 Å². The fraction of sp³-hybridized carbons (Fsp3) is 0.545. The standard InChI is InChI=1S/C22H30OSi/c1-24(2,3)14-20-21(23)13-16-8-6-10-18-17-9-5-4-7-15(17)11-12-19(18)22(16)20/h4-5,7,9,16,21,23H,6,8,10-14H2,1-3H3/t16-,21+/m0/s1. The number of hydrogen-bond donors (Lipinski definition) is 1. The highest BCUT2D eigenvalue weighted by Crippen LogP contribution is 2.50. The van der Waals surface area contributed by atoms with Crippen molar-refractivity contribution in [2.45, 2.75) is 70.3 Å². The number of hydrogen-bond acceptors (Lipinski definition) is 1. The number of benzene rings is 1. The fourth-order valence-electron chi connectivity index (χ4n) is 5.17. The Morgan fingerprint density at radius 1 is 1.04 bits per heavy atom. The van der Waals surface area contributed by atoms with Crippen molar-refractivity contribution in [2.24, 2.45) is 5.92 Å². The van der Waals surface area contributed by atoms with Crippen molar-refractivity contribution >= 4 is 13.6 Å². The number of allylic oxidation sites excluding steroid dienone is 3. The summed E-state index contributed by atoms with van der Waals surface area (Å²) >= 11 is 0. The molecule has 0 fully saturated rings. The molecule has 0 aliphatic heterocycles. The number of aliphatic hydroxyl groups excluding tert-OH is 1. The van der Waals surface area contributed by atoms with Crippen molar-refractivity contribution in [3.63, 3.8) is 0 Å². The zero-order valence-corrected chi connectivity index (χ0v) is 16.4. The second-order valence-electron chi connectivity index (χ2n) is 9.13. The lowest BCUT2D eigenvalue weighted by atomic mass is 9.80. The maximum Gasteiger partial charge on any atom is 0.0759 e. The van der Waals surface area contributed by atoms with Gasteiger partial charge in [0.15, 0.2) is 0 Å². The van der Waals surface area contributed by atoms with E-state index in [1.165, 1.54) is 54.8 Å². The molecule has 0 spiro atoms. The van der Waals surface area contributed by atoms with Crippen LogP contribution in [0.15, 0.2) is 41.0 Å². The molecular formula is C22H30OSi. The first kappa shape index (κ1) is 16.4. The molecule has 4 rings (SSSR count). The van der Waals surface area contributed by atoms with Crippen LogP contribution in [0.3, 0.4) is 0 Å². The summed E-state index contributed by atoms with van der Waals surface area (Å²) in [6, 6.07) is 10.2. The Morgan fingerprint density at radius 2 is 1.83 bits per heavy atom. The van der Waals surface area contributed by atoms with E-state index in [1.807, 2.05) is 0 Å². The van der Waals surface area contributed by atoms with Crippen LogP contribution in [-0.4, -0.2) is 19.3 Å². The molecule has 0 aromatic heterocycles. The second-order valence-corrected chi connectivity index (χ2v) is 14.6. The van der Waals surface area contributed by atoms with Crippen LogP contribution in [0.4, 0.5) is 0 Å². The van der Waals surface area contributed by atoms with E-state index in [0.717, 1.165) is 6.42 Å². The zero-order valence-electron chi connectivity index (χ0n) is 15.4. The van der Waals surface area contributed by atoms with Crippen molar-refractivity contribution < 1.29 is 5.11 Å². The van der Waals surface area contributed by atoms with Crippen LogP contribution in [0.2, 0.25) is 25.7 Å². The summed E-state index contributed by atoms with van der Waals surface area (Å²) in [5.41, 5.74) is 9.29. The molecule has 128 valence electrons. The summed E-state index contributed by atoms with van der Waals surface area (Å²) in [7, 11) is -1.23. The molecule has 0 saturated carbocycles. The smallest absolute Gasteiger partial charge is 0.0759 e. The summed E-state index contributed by atoms with van der Waals surface area (Å²) in [5, 5.41) is 10.8. The van der Waals surface area contributed by atoms with Crippen molar-refractivity contribution in [3.8, 4) is 0 Å². The van der Waals surface area contributed by atoms with Gasteiger partial charge >= 0.3 is 0 Å². The lowest BCUT2D eigenvalue weighted by Gasteiger charge is -2.27. The molecule has 1 N–H and O–H groups in total. The fourth-order valence-corrected chi connectivity index (χ4v) is 6.74. The molecule has 0 saturated heterocycles. The summed E-state index contributed by atoms with van der Waals surface area (Å²) in [6.07, 6.45) is 6.91. The van der Waals surface area contributed by atoms with Crippen LogP contribution >= 0.6 is 0 Å². The van der Waals surface area contributed by atoms with Crippen LogP contribution in [0.5, 0.6) is 0 Å². The van der Waals surface area contributed by atoms with Gasteiger partial charge in [-0.25, -0.2) is 0 Å². The molecule has 24 heavy (non-hydrogen) atoms. The summed E-state index contributed by atoms with van der Waals surface area (Å²) < 4.78 is 0. The van der Waals surface area contributed by atoms with Crippen molar-refractivity contribution in [3.05, 3.63) is 52.1 Å². The first-order valence-corrected chi connectivity index (χ1v) is 13.4. The SMILES string of the molecule is C[Si](C)(C)CC1=C2C3=C(CCC[C@H]2C[C@H]1O)c1ccccc1CC3. The second kappa shape index (κ2) is 6.00. The third-order valence-corrected chi connectivity index (χ3v) is 7.48. The molecule has 1 aromatic rings. The molecule has 0 radical (unpaired) electrons. The average molecular weight is 339 g/mol. The third kappa shape index (κ3) is 2.84. The Balaban J connectivity index is 1.87. The van der Waals surface area contributed by atoms with Gasteiger partial charge in [-0.3, -0.25) is 0 Å². The molecule has 0 bridgehead atoms. The maximum absolute atomic E-state index is 10.8. The first-order valence-electron chi connectivity index (χ1n) is 9.66. The van der Waals surface area contributed by atoms with E-state index in [9.17, 15) is 5.11 Å². The minimum atomic E-state index is -1.23. The van der Waals surface area contributed by atoms with E-state index in [-0.39, 0.29) is 6.10 Å². The third-order valence-electron chi connectivity index (χ3n) is 6.04. The van der Waals surface area contributed by atoms with Gasteiger partial charge in [-0.1, -0.05) is 43.9 Å². The van der Waals surface area contributed by atoms with Gasteiger partial charge in [-0.05, 0) is 83.9 Å². The summed E-state index contributed by atoms with van der Waals surface area (Å²) in [5.74, 6) is 0.615. The van der Waals surface area contributed by atoms with Crippen molar-refractivity contribution in [1.29, 1.82) is 0 Å². The largest absolute Gasteiger partial charge is 0.389 e. The highest BCUT2D eigenvalue weighted by molar-refractivity contribution is 6.76. The van der Waals surface area contributed by atoms with Gasteiger partial charge in [-0.15, -0.1) is 0 Å². The van der Waals surface area contributed by atoms with E-state index in [2.05, 4.69) is 43.9 Å². The van der Waals surface area contributed by atoms with Gasteiger partial charge in [0.05, 0.1) is 6.10 Å². The molecule has 1 nitrogen and oxygen atoms in total. The van der Waals surface area contributed by atoms with Crippen LogP contribution in [0.25, 0.3) is 5.57 Å². The molecule has 1 aromatic carbocycles. The van der Waals surface area contributed by atoms with Gasteiger partial charge < -0.3 is 5.11 Å². The van der Waals surface area contributed by atoms with Crippen LogP contribution < -0.4 is 0 Å². The quantitative estimate of drug-likeness (QED) is 0.697. The van der Waals surface area contributed by atoms with Crippen molar-refractivity contribution in [1.82, 2.24) is 0 Å². The van der Waals surface area contributed by atoms with Gasteiger partial charge in [0.2, 0.25) is 0 Å². The Labute approximate surface area is 147 Å². The van der Waals surface area contributed by atoms with E-state index in [1.54, 1.807) is 16.7 Å². The predicted octanol–water partition coefficient (Wildman–Crippen LogP) is 5.59. The minimum Gasteiger partial charge on any atom is -0.389 e. The van der Waals surface area contributed by atoms with Crippen LogP contribution in [0, 0.1) is 5.92 Å². The summed E-state index contributed by atoms with van der Waals surface area (Å²) in [4.78, 5) is 0.